The Hall–Kier alpha value is -3.46. The van der Waals surface area contributed by atoms with Crippen LogP contribution in [0.3, 0.4) is 0 Å². The number of H-pyrrole nitrogens is 1. The van der Waals surface area contributed by atoms with Crippen LogP contribution in [0.15, 0.2) is 36.4 Å². The molecular formula is C32H44N2O6Si. The molecule has 1 amide bonds. The third kappa shape index (κ3) is 7.64. The first kappa shape index (κ1) is 30.5. The van der Waals surface area contributed by atoms with Gasteiger partial charge in [0.25, 0.3) is 0 Å². The molecule has 0 spiro atoms. The summed E-state index contributed by atoms with van der Waals surface area (Å²) in [5.74, 6) is 1.76. The minimum Gasteiger partial charge on any atom is -0.496 e. The number of carbonyl (C=O) groups excluding carboxylic acids is 2. The summed E-state index contributed by atoms with van der Waals surface area (Å²) in [6, 6.07) is 12.6. The van der Waals surface area contributed by atoms with Crippen LogP contribution in [0.25, 0.3) is 10.9 Å². The number of benzene rings is 2. The molecule has 1 N–H and O–H groups in total. The Labute approximate surface area is 244 Å². The van der Waals surface area contributed by atoms with Gasteiger partial charge in [0.1, 0.15) is 18.1 Å². The zero-order chi connectivity index (χ0) is 29.7. The van der Waals surface area contributed by atoms with E-state index in [1.165, 1.54) is 12.7 Å². The Morgan fingerprint density at radius 3 is 2.56 bits per heavy atom. The SMILES string of the molecule is COC(=O)CC1c2[nH]c3ccc(OCc4ccc(CC(C)C)cc4OC)cc3c2CCN1C(=O)OCC[Si](C)(C)C. The third-order valence-electron chi connectivity index (χ3n) is 7.51. The monoisotopic (exact) mass is 580 g/mol. The number of hydrogen-bond acceptors (Lipinski definition) is 6. The second kappa shape index (κ2) is 13.0. The quantitative estimate of drug-likeness (QED) is 0.196. The van der Waals surface area contributed by atoms with Gasteiger partial charge in [-0.3, -0.25) is 9.69 Å². The number of ether oxygens (including phenoxy) is 4. The molecule has 0 bridgehead atoms. The normalized spacial score (nSPS) is 15.1. The number of amides is 1. The van der Waals surface area contributed by atoms with Gasteiger partial charge in [-0.25, -0.2) is 4.79 Å². The smallest absolute Gasteiger partial charge is 0.410 e. The third-order valence-corrected chi connectivity index (χ3v) is 9.22. The number of methoxy groups -OCH3 is 2. The van der Waals surface area contributed by atoms with E-state index in [0.29, 0.717) is 32.1 Å². The van der Waals surface area contributed by atoms with E-state index in [0.717, 1.165) is 51.7 Å². The molecule has 0 fully saturated rings. The van der Waals surface area contributed by atoms with Crippen molar-refractivity contribution in [1.82, 2.24) is 9.88 Å². The Bertz CT molecular complexity index is 1380. The molecule has 0 saturated heterocycles. The maximum absolute atomic E-state index is 13.1. The van der Waals surface area contributed by atoms with Gasteiger partial charge in [0.15, 0.2) is 0 Å². The lowest BCUT2D eigenvalue weighted by Crippen LogP contribution is -2.41. The average Bonchev–Trinajstić information content (AvgIpc) is 3.29. The molecular weight excluding hydrogens is 536 g/mol. The van der Waals surface area contributed by atoms with Crippen LogP contribution >= 0.6 is 0 Å². The minimum atomic E-state index is -1.35. The van der Waals surface area contributed by atoms with E-state index in [2.05, 4.69) is 56.7 Å². The van der Waals surface area contributed by atoms with Crippen LogP contribution in [0.1, 0.15) is 48.7 Å². The molecule has 1 unspecified atom stereocenters. The van der Waals surface area contributed by atoms with Crippen molar-refractivity contribution in [2.75, 3.05) is 27.4 Å². The highest BCUT2D eigenvalue weighted by atomic mass is 28.3. The van der Waals surface area contributed by atoms with Gasteiger partial charge < -0.3 is 23.9 Å². The van der Waals surface area contributed by atoms with Gasteiger partial charge >= 0.3 is 12.1 Å². The van der Waals surface area contributed by atoms with Crippen LogP contribution in [0, 0.1) is 5.92 Å². The van der Waals surface area contributed by atoms with Crippen molar-refractivity contribution in [2.45, 2.75) is 71.4 Å². The van der Waals surface area contributed by atoms with Gasteiger partial charge in [-0.15, -0.1) is 0 Å². The van der Waals surface area contributed by atoms with Crippen LogP contribution in [0.2, 0.25) is 25.7 Å². The molecule has 0 radical (unpaired) electrons. The summed E-state index contributed by atoms with van der Waals surface area (Å²) >= 11 is 0. The fourth-order valence-electron chi connectivity index (χ4n) is 5.30. The number of hydrogen-bond donors (Lipinski definition) is 1. The van der Waals surface area contributed by atoms with Crippen molar-refractivity contribution in [1.29, 1.82) is 0 Å². The van der Waals surface area contributed by atoms with Gasteiger partial charge in [0.2, 0.25) is 0 Å². The van der Waals surface area contributed by atoms with Gasteiger partial charge in [-0.2, -0.15) is 0 Å². The molecule has 222 valence electrons. The molecule has 2 aromatic carbocycles. The van der Waals surface area contributed by atoms with Crippen LogP contribution in [-0.2, 0) is 33.7 Å². The van der Waals surface area contributed by atoms with Crippen molar-refractivity contribution in [3.05, 3.63) is 58.8 Å². The highest BCUT2D eigenvalue weighted by molar-refractivity contribution is 6.76. The van der Waals surface area contributed by atoms with E-state index in [4.69, 9.17) is 18.9 Å². The fourth-order valence-corrected chi connectivity index (χ4v) is 6.02. The number of rotatable bonds is 11. The zero-order valence-corrected chi connectivity index (χ0v) is 26.5. The van der Waals surface area contributed by atoms with Crippen LogP contribution in [-0.4, -0.2) is 57.4 Å². The maximum Gasteiger partial charge on any atom is 0.410 e. The molecule has 9 heteroatoms. The average molecular weight is 581 g/mol. The molecule has 8 nitrogen and oxygen atoms in total. The molecule has 1 atom stereocenters. The summed E-state index contributed by atoms with van der Waals surface area (Å²) in [5, 5.41) is 1.03. The second-order valence-corrected chi connectivity index (χ2v) is 18.0. The minimum absolute atomic E-state index is 0.0510. The highest BCUT2D eigenvalue weighted by Gasteiger charge is 2.36. The second-order valence-electron chi connectivity index (χ2n) is 12.4. The van der Waals surface area contributed by atoms with Gasteiger partial charge in [-0.05, 0) is 60.2 Å². The van der Waals surface area contributed by atoms with Gasteiger partial charge in [0, 0.05) is 36.8 Å². The predicted molar refractivity (Wildman–Crippen MR) is 163 cm³/mol. The number of aromatic nitrogens is 1. The summed E-state index contributed by atoms with van der Waals surface area (Å²) in [6.07, 6.45) is 1.30. The van der Waals surface area contributed by atoms with E-state index in [1.807, 2.05) is 18.2 Å². The maximum atomic E-state index is 13.1. The molecule has 1 aliphatic heterocycles. The Morgan fingerprint density at radius 2 is 1.88 bits per heavy atom. The molecule has 0 saturated carbocycles. The molecule has 3 aromatic rings. The van der Waals surface area contributed by atoms with E-state index in [9.17, 15) is 9.59 Å². The van der Waals surface area contributed by atoms with Crippen molar-refractivity contribution in [3.8, 4) is 11.5 Å². The number of fused-ring (bicyclic) bond motifs is 3. The standard InChI is InChI=1S/C32H44N2O6Si/c1-21(2)16-22-8-9-23(29(17-22)37-3)20-40-24-10-11-27-26(18-24)25-12-13-34(32(36)39-14-15-41(5,6)7)28(31(25)33-27)19-30(35)38-4/h8-11,17-18,21,28,33H,12-16,19-20H2,1-7H3. The summed E-state index contributed by atoms with van der Waals surface area (Å²) < 4.78 is 22.5. The first-order valence-corrected chi connectivity index (χ1v) is 18.1. The van der Waals surface area contributed by atoms with Gasteiger partial charge in [0.05, 0.1) is 33.3 Å². The van der Waals surface area contributed by atoms with Crippen molar-refractivity contribution in [2.24, 2.45) is 5.92 Å². The van der Waals surface area contributed by atoms with E-state index in [1.54, 1.807) is 12.0 Å². The van der Waals surface area contributed by atoms with Crippen LogP contribution < -0.4 is 9.47 Å². The van der Waals surface area contributed by atoms with E-state index < -0.39 is 14.1 Å². The first-order chi connectivity index (χ1) is 19.5. The van der Waals surface area contributed by atoms with Crippen LogP contribution in [0.5, 0.6) is 11.5 Å². The molecule has 1 aromatic heterocycles. The topological polar surface area (TPSA) is 90.1 Å². The Balaban J connectivity index is 1.55. The lowest BCUT2D eigenvalue weighted by atomic mass is 9.95. The number of nitrogens with zero attached hydrogens (tertiary/aromatic N) is 1. The summed E-state index contributed by atoms with van der Waals surface area (Å²) in [5.41, 5.74) is 5.09. The van der Waals surface area contributed by atoms with Crippen LogP contribution in [0.4, 0.5) is 4.79 Å². The number of carbonyl (C=O) groups is 2. The van der Waals surface area contributed by atoms with Gasteiger partial charge in [-0.1, -0.05) is 45.6 Å². The fraction of sp³-hybridized carbons (Fsp3) is 0.500. The summed E-state index contributed by atoms with van der Waals surface area (Å²) in [7, 11) is 1.71. The van der Waals surface area contributed by atoms with Crippen molar-refractivity contribution < 1.29 is 28.5 Å². The zero-order valence-electron chi connectivity index (χ0n) is 25.5. The highest BCUT2D eigenvalue weighted by Crippen LogP contribution is 2.38. The number of esters is 1. The molecule has 1 aliphatic rings. The van der Waals surface area contributed by atoms with E-state index in [-0.39, 0.29) is 18.5 Å². The van der Waals surface area contributed by atoms with Crippen molar-refractivity contribution >= 4 is 31.0 Å². The lowest BCUT2D eigenvalue weighted by Gasteiger charge is -2.34. The van der Waals surface area contributed by atoms with E-state index >= 15 is 0 Å². The Morgan fingerprint density at radius 1 is 1.10 bits per heavy atom. The Kier molecular flexibility index (Phi) is 9.68. The largest absolute Gasteiger partial charge is 0.496 e. The first-order valence-electron chi connectivity index (χ1n) is 14.4. The molecule has 0 aliphatic carbocycles. The number of nitrogens with one attached hydrogen (secondary N) is 1. The predicted octanol–water partition coefficient (Wildman–Crippen LogP) is 6.89. The number of aromatic amines is 1. The molecule has 41 heavy (non-hydrogen) atoms. The summed E-state index contributed by atoms with van der Waals surface area (Å²) in [6.45, 7) is 12.4. The summed E-state index contributed by atoms with van der Waals surface area (Å²) in [4.78, 5) is 30.6. The molecule has 2 heterocycles. The lowest BCUT2D eigenvalue weighted by molar-refractivity contribution is -0.142. The van der Waals surface area contributed by atoms with Crippen molar-refractivity contribution in [3.63, 3.8) is 0 Å². The molecule has 4 rings (SSSR count).